The summed E-state index contributed by atoms with van der Waals surface area (Å²) in [7, 11) is 0. The predicted molar refractivity (Wildman–Crippen MR) is 49.0 cm³/mol. The standard InChI is InChI=1S/C8H6ClN3/c9-7-1-5-4-12-8(10)2-6(5)3-11-7/h1-4H,(H2,10,12). The number of hydrogen-bond acceptors (Lipinski definition) is 3. The molecule has 12 heavy (non-hydrogen) atoms. The summed E-state index contributed by atoms with van der Waals surface area (Å²) in [5, 5.41) is 2.37. The summed E-state index contributed by atoms with van der Waals surface area (Å²) in [6.45, 7) is 0. The maximum absolute atomic E-state index is 5.69. The lowest BCUT2D eigenvalue weighted by Crippen LogP contribution is -1.89. The Hall–Kier alpha value is -1.35. The highest BCUT2D eigenvalue weighted by Crippen LogP contribution is 2.16. The van der Waals surface area contributed by atoms with E-state index in [4.69, 9.17) is 17.3 Å². The predicted octanol–water partition coefficient (Wildman–Crippen LogP) is 1.87. The van der Waals surface area contributed by atoms with E-state index < -0.39 is 0 Å². The Morgan fingerprint density at radius 2 is 1.75 bits per heavy atom. The van der Waals surface area contributed by atoms with Crippen molar-refractivity contribution >= 4 is 28.2 Å². The number of nitrogens with zero attached hydrogens (tertiary/aromatic N) is 2. The number of halogens is 1. The third-order valence-electron chi connectivity index (χ3n) is 1.59. The van der Waals surface area contributed by atoms with E-state index in [1.165, 1.54) is 0 Å². The van der Waals surface area contributed by atoms with Gasteiger partial charge >= 0.3 is 0 Å². The summed E-state index contributed by atoms with van der Waals surface area (Å²) in [5.41, 5.74) is 5.49. The zero-order chi connectivity index (χ0) is 8.55. The lowest BCUT2D eigenvalue weighted by Gasteiger charge is -1.97. The minimum absolute atomic E-state index is 0.467. The second kappa shape index (κ2) is 2.60. The highest BCUT2D eigenvalue weighted by Gasteiger charge is 1.96. The molecule has 0 aliphatic heterocycles. The molecule has 2 N–H and O–H groups in total. The van der Waals surface area contributed by atoms with E-state index in [9.17, 15) is 0 Å². The molecule has 0 aliphatic carbocycles. The first-order valence-corrected chi connectivity index (χ1v) is 3.80. The second-order valence-corrected chi connectivity index (χ2v) is 2.85. The molecule has 2 aromatic heterocycles. The van der Waals surface area contributed by atoms with Crippen LogP contribution in [0.15, 0.2) is 24.5 Å². The number of hydrogen-bond donors (Lipinski definition) is 1. The van der Waals surface area contributed by atoms with E-state index >= 15 is 0 Å². The van der Waals surface area contributed by atoms with Crippen LogP contribution < -0.4 is 5.73 Å². The van der Waals surface area contributed by atoms with Crippen molar-refractivity contribution in [2.75, 3.05) is 5.73 Å². The van der Waals surface area contributed by atoms with Crippen LogP contribution in [0.1, 0.15) is 0 Å². The van der Waals surface area contributed by atoms with Crippen molar-refractivity contribution in [3.8, 4) is 0 Å². The van der Waals surface area contributed by atoms with Crippen molar-refractivity contribution < 1.29 is 0 Å². The normalized spacial score (nSPS) is 10.4. The van der Waals surface area contributed by atoms with Crippen LogP contribution in [0, 0.1) is 0 Å². The Morgan fingerprint density at radius 3 is 2.58 bits per heavy atom. The van der Waals surface area contributed by atoms with E-state index in [2.05, 4.69) is 9.97 Å². The molecular weight excluding hydrogens is 174 g/mol. The number of nitrogen functional groups attached to an aromatic ring is 1. The van der Waals surface area contributed by atoms with Gasteiger partial charge in [-0.2, -0.15) is 0 Å². The van der Waals surface area contributed by atoms with Crippen LogP contribution in [0.25, 0.3) is 10.8 Å². The lowest BCUT2D eigenvalue weighted by molar-refractivity contribution is 1.33. The number of rotatable bonds is 0. The lowest BCUT2D eigenvalue weighted by atomic mass is 10.2. The van der Waals surface area contributed by atoms with Gasteiger partial charge in [0.05, 0.1) is 0 Å². The fourth-order valence-electron chi connectivity index (χ4n) is 1.03. The number of fused-ring (bicyclic) bond motifs is 1. The van der Waals surface area contributed by atoms with Crippen molar-refractivity contribution in [3.63, 3.8) is 0 Å². The zero-order valence-corrected chi connectivity index (χ0v) is 6.92. The highest BCUT2D eigenvalue weighted by molar-refractivity contribution is 6.30. The van der Waals surface area contributed by atoms with E-state index in [1.54, 1.807) is 24.5 Å². The van der Waals surface area contributed by atoms with Crippen LogP contribution in [0.2, 0.25) is 5.15 Å². The molecular formula is C8H6ClN3. The quantitative estimate of drug-likeness (QED) is 0.628. The summed E-state index contributed by atoms with van der Waals surface area (Å²) >= 11 is 5.69. The molecule has 0 bridgehead atoms. The van der Waals surface area contributed by atoms with Gasteiger partial charge in [-0.1, -0.05) is 11.6 Å². The Labute approximate surface area is 74.2 Å². The van der Waals surface area contributed by atoms with Crippen molar-refractivity contribution in [1.82, 2.24) is 9.97 Å². The third-order valence-corrected chi connectivity index (χ3v) is 1.80. The number of nitrogens with two attached hydrogens (primary N) is 1. The maximum Gasteiger partial charge on any atom is 0.129 e. The van der Waals surface area contributed by atoms with Crippen molar-refractivity contribution in [3.05, 3.63) is 29.7 Å². The molecule has 2 heterocycles. The SMILES string of the molecule is Nc1cc2cnc(Cl)cc2cn1. The summed E-state index contributed by atoms with van der Waals surface area (Å²) in [5.74, 6) is 0.492. The number of pyridine rings is 2. The molecule has 0 aromatic carbocycles. The highest BCUT2D eigenvalue weighted by atomic mass is 35.5. The van der Waals surface area contributed by atoms with E-state index in [0.717, 1.165) is 10.8 Å². The van der Waals surface area contributed by atoms with Crippen LogP contribution in [0.3, 0.4) is 0 Å². The molecule has 0 saturated carbocycles. The summed E-state index contributed by atoms with van der Waals surface area (Å²) in [6.07, 6.45) is 3.36. The van der Waals surface area contributed by atoms with Gasteiger partial charge in [-0.05, 0) is 12.1 Å². The van der Waals surface area contributed by atoms with Gasteiger partial charge in [-0.15, -0.1) is 0 Å². The van der Waals surface area contributed by atoms with Gasteiger partial charge in [0, 0.05) is 23.2 Å². The average molecular weight is 180 g/mol. The minimum Gasteiger partial charge on any atom is -0.384 e. The van der Waals surface area contributed by atoms with E-state index in [0.29, 0.717) is 11.0 Å². The van der Waals surface area contributed by atoms with Gasteiger partial charge in [-0.3, -0.25) is 0 Å². The summed E-state index contributed by atoms with van der Waals surface area (Å²) in [4.78, 5) is 7.87. The Morgan fingerprint density at radius 1 is 1.08 bits per heavy atom. The van der Waals surface area contributed by atoms with E-state index in [-0.39, 0.29) is 0 Å². The fourth-order valence-corrected chi connectivity index (χ4v) is 1.19. The second-order valence-electron chi connectivity index (χ2n) is 2.46. The molecule has 0 atom stereocenters. The molecule has 0 spiro atoms. The molecule has 0 amide bonds. The monoisotopic (exact) mass is 179 g/mol. The first kappa shape index (κ1) is 7.31. The number of aromatic nitrogens is 2. The topological polar surface area (TPSA) is 51.8 Å². The van der Waals surface area contributed by atoms with Gasteiger partial charge in [0.15, 0.2) is 0 Å². The van der Waals surface area contributed by atoms with Gasteiger partial charge < -0.3 is 5.73 Å². The summed E-state index contributed by atoms with van der Waals surface area (Å²) < 4.78 is 0. The molecule has 60 valence electrons. The Kier molecular flexibility index (Phi) is 1.59. The Bertz CT molecular complexity index is 386. The first-order valence-electron chi connectivity index (χ1n) is 3.42. The molecule has 0 aliphatic rings. The van der Waals surface area contributed by atoms with Crippen LogP contribution >= 0.6 is 11.6 Å². The van der Waals surface area contributed by atoms with Crippen molar-refractivity contribution in [1.29, 1.82) is 0 Å². The molecule has 0 radical (unpaired) electrons. The van der Waals surface area contributed by atoms with Gasteiger partial charge in [-0.25, -0.2) is 9.97 Å². The molecule has 0 saturated heterocycles. The molecule has 0 fully saturated rings. The number of anilines is 1. The fraction of sp³-hybridized carbons (Fsp3) is 0. The van der Waals surface area contributed by atoms with Crippen LogP contribution in [0.5, 0.6) is 0 Å². The smallest absolute Gasteiger partial charge is 0.129 e. The van der Waals surface area contributed by atoms with Crippen LogP contribution in [-0.4, -0.2) is 9.97 Å². The Balaban J connectivity index is 2.79. The molecule has 0 unspecified atom stereocenters. The molecule has 4 heteroatoms. The average Bonchev–Trinajstić information content (AvgIpc) is 2.05. The first-order chi connectivity index (χ1) is 5.75. The van der Waals surface area contributed by atoms with Gasteiger partial charge in [0.2, 0.25) is 0 Å². The van der Waals surface area contributed by atoms with E-state index in [1.807, 2.05) is 0 Å². The van der Waals surface area contributed by atoms with Gasteiger partial charge in [0.1, 0.15) is 11.0 Å². The van der Waals surface area contributed by atoms with Crippen LogP contribution in [-0.2, 0) is 0 Å². The van der Waals surface area contributed by atoms with Crippen molar-refractivity contribution in [2.45, 2.75) is 0 Å². The molecule has 2 aromatic rings. The van der Waals surface area contributed by atoms with Crippen molar-refractivity contribution in [2.24, 2.45) is 0 Å². The third kappa shape index (κ3) is 1.19. The largest absolute Gasteiger partial charge is 0.384 e. The molecule has 2 rings (SSSR count). The molecule has 3 nitrogen and oxygen atoms in total. The zero-order valence-electron chi connectivity index (χ0n) is 6.16. The van der Waals surface area contributed by atoms with Crippen LogP contribution in [0.4, 0.5) is 5.82 Å². The minimum atomic E-state index is 0.467. The maximum atomic E-state index is 5.69. The summed E-state index contributed by atoms with van der Waals surface area (Å²) in [6, 6.07) is 3.52. The van der Waals surface area contributed by atoms with Gasteiger partial charge in [0.25, 0.3) is 0 Å².